The van der Waals surface area contributed by atoms with Gasteiger partial charge in [-0.1, -0.05) is 17.8 Å². The average Bonchev–Trinajstić information content (AvgIpc) is 3.42. The first-order chi connectivity index (χ1) is 14.7. The number of benzene rings is 1. The van der Waals surface area contributed by atoms with Crippen LogP contribution in [0.15, 0.2) is 40.1 Å². The molecule has 4 rings (SSSR count). The molecule has 1 fully saturated rings. The van der Waals surface area contributed by atoms with Crippen LogP contribution in [0, 0.1) is 0 Å². The van der Waals surface area contributed by atoms with E-state index in [1.807, 2.05) is 23.6 Å². The topological polar surface area (TPSA) is 89.6 Å². The van der Waals surface area contributed by atoms with Gasteiger partial charge < -0.3 is 20.1 Å². The summed E-state index contributed by atoms with van der Waals surface area (Å²) in [5.74, 6) is 0.354. The fourth-order valence-corrected chi connectivity index (χ4v) is 5.63. The van der Waals surface area contributed by atoms with E-state index in [0.717, 1.165) is 46.4 Å². The van der Waals surface area contributed by atoms with Crippen LogP contribution in [-0.4, -0.2) is 48.6 Å². The fraction of sp³-hybridized carbons (Fsp3) is 0.350. The Hall–Kier alpha value is -1.98. The molecule has 0 radical (unpaired) electrons. The summed E-state index contributed by atoms with van der Waals surface area (Å²) in [4.78, 5) is 29.3. The van der Waals surface area contributed by atoms with Crippen molar-refractivity contribution in [3.05, 3.63) is 40.6 Å². The Morgan fingerprint density at radius 2 is 2.10 bits per heavy atom. The van der Waals surface area contributed by atoms with Gasteiger partial charge in [0.1, 0.15) is 0 Å². The van der Waals surface area contributed by atoms with Gasteiger partial charge in [0.05, 0.1) is 34.9 Å². The molecule has 0 unspecified atom stereocenters. The van der Waals surface area contributed by atoms with Crippen molar-refractivity contribution in [3.63, 3.8) is 0 Å². The number of thiophene rings is 1. The zero-order valence-corrected chi connectivity index (χ0v) is 18.5. The number of hydrogen-bond acceptors (Lipinski definition) is 8. The maximum atomic E-state index is 12.2. The van der Waals surface area contributed by atoms with Crippen LogP contribution in [0.25, 0.3) is 10.2 Å². The van der Waals surface area contributed by atoms with E-state index < -0.39 is 0 Å². The highest BCUT2D eigenvalue weighted by molar-refractivity contribution is 8.01. The van der Waals surface area contributed by atoms with E-state index in [1.165, 1.54) is 11.3 Å². The second-order valence-electron chi connectivity index (χ2n) is 6.53. The highest BCUT2D eigenvalue weighted by Crippen LogP contribution is 2.32. The van der Waals surface area contributed by atoms with Crippen LogP contribution in [-0.2, 0) is 14.3 Å². The average molecular weight is 464 g/mol. The second kappa shape index (κ2) is 10.4. The number of carbonyl (C=O) groups excluding carboxylic acids is 2. The number of nitrogens with one attached hydrogen (secondary N) is 2. The quantitative estimate of drug-likeness (QED) is 0.492. The molecule has 0 atom stereocenters. The molecule has 3 aromatic rings. The molecular weight excluding hydrogens is 442 g/mol. The van der Waals surface area contributed by atoms with Crippen molar-refractivity contribution in [1.82, 2.24) is 10.3 Å². The van der Waals surface area contributed by atoms with Crippen LogP contribution >= 0.6 is 34.4 Å². The molecule has 2 aromatic heterocycles. The van der Waals surface area contributed by atoms with Gasteiger partial charge in [0, 0.05) is 17.9 Å². The first kappa shape index (κ1) is 21.3. The largest absolute Gasteiger partial charge is 0.353 e. The number of hydrogen-bond donors (Lipinski definition) is 2. The molecule has 10 heteroatoms. The zero-order valence-electron chi connectivity index (χ0n) is 16.1. The lowest BCUT2D eigenvalue weighted by molar-refractivity contribution is -0.178. The van der Waals surface area contributed by atoms with Crippen molar-refractivity contribution in [2.75, 3.05) is 30.8 Å². The van der Waals surface area contributed by atoms with Gasteiger partial charge in [-0.05, 0) is 36.1 Å². The van der Waals surface area contributed by atoms with Gasteiger partial charge in [-0.2, -0.15) is 0 Å². The van der Waals surface area contributed by atoms with Crippen LogP contribution in [0.1, 0.15) is 22.5 Å². The van der Waals surface area contributed by atoms with Gasteiger partial charge in [0.25, 0.3) is 5.91 Å². The van der Waals surface area contributed by atoms with Gasteiger partial charge in [-0.25, -0.2) is 4.98 Å². The van der Waals surface area contributed by atoms with Crippen molar-refractivity contribution in [3.8, 4) is 0 Å². The molecule has 0 aliphatic carbocycles. The third-order valence-electron chi connectivity index (χ3n) is 4.28. The molecule has 1 saturated heterocycles. The number of fused-ring (bicyclic) bond motifs is 1. The van der Waals surface area contributed by atoms with Gasteiger partial charge >= 0.3 is 0 Å². The molecule has 3 heterocycles. The van der Waals surface area contributed by atoms with E-state index in [1.54, 1.807) is 35.2 Å². The predicted molar refractivity (Wildman–Crippen MR) is 121 cm³/mol. The lowest BCUT2D eigenvalue weighted by Gasteiger charge is -2.22. The molecule has 0 bridgehead atoms. The smallest absolute Gasteiger partial charge is 0.261 e. The lowest BCUT2D eigenvalue weighted by atomic mass is 10.3. The van der Waals surface area contributed by atoms with Crippen LogP contribution in [0.2, 0.25) is 0 Å². The lowest BCUT2D eigenvalue weighted by Crippen LogP contribution is -2.32. The number of aromatic nitrogens is 1. The minimum Gasteiger partial charge on any atom is -0.353 e. The monoisotopic (exact) mass is 463 g/mol. The van der Waals surface area contributed by atoms with E-state index in [0.29, 0.717) is 10.6 Å². The molecule has 1 aliphatic heterocycles. The van der Waals surface area contributed by atoms with E-state index >= 15 is 0 Å². The number of anilines is 1. The van der Waals surface area contributed by atoms with Crippen molar-refractivity contribution in [1.29, 1.82) is 0 Å². The maximum Gasteiger partial charge on any atom is 0.261 e. The van der Waals surface area contributed by atoms with E-state index in [2.05, 4.69) is 15.6 Å². The number of rotatable bonds is 8. The standard InChI is InChI=1S/C20H21N3O4S3/c24-17(12-21-19(25)15-3-1-9-28-15)22-13-4-5-14-16(11-13)30-20(23-14)29-10-6-18-26-7-2-8-27-18/h1,3-5,9,11,18H,2,6-8,10,12H2,(H,21,25)(H,22,24). The highest BCUT2D eigenvalue weighted by atomic mass is 32.2. The normalized spacial score (nSPS) is 14.7. The number of carbonyl (C=O) groups is 2. The van der Waals surface area contributed by atoms with Gasteiger partial charge in [-0.15, -0.1) is 22.7 Å². The Balaban J connectivity index is 1.27. The number of ether oxygens (including phenoxy) is 2. The summed E-state index contributed by atoms with van der Waals surface area (Å²) in [6.07, 6.45) is 1.68. The van der Waals surface area contributed by atoms with Gasteiger partial charge in [-0.3, -0.25) is 9.59 Å². The molecule has 2 N–H and O–H groups in total. The molecule has 2 amide bonds. The van der Waals surface area contributed by atoms with Crippen LogP contribution in [0.4, 0.5) is 5.69 Å². The number of amides is 2. The SMILES string of the molecule is O=C(CNC(=O)c1cccs1)Nc1ccc2nc(SCCC3OCCCO3)sc2c1. The third kappa shape index (κ3) is 5.79. The minimum absolute atomic E-state index is 0.0795. The molecule has 30 heavy (non-hydrogen) atoms. The zero-order chi connectivity index (χ0) is 20.8. The van der Waals surface area contributed by atoms with E-state index in [4.69, 9.17) is 9.47 Å². The number of thioether (sulfide) groups is 1. The molecule has 0 saturated carbocycles. The van der Waals surface area contributed by atoms with E-state index in [9.17, 15) is 9.59 Å². The summed E-state index contributed by atoms with van der Waals surface area (Å²) >= 11 is 4.61. The Kier molecular flexibility index (Phi) is 7.34. The highest BCUT2D eigenvalue weighted by Gasteiger charge is 2.15. The number of nitrogens with zero attached hydrogens (tertiary/aromatic N) is 1. The molecule has 158 valence electrons. The van der Waals surface area contributed by atoms with Gasteiger partial charge in [0.2, 0.25) is 5.91 Å². The maximum absolute atomic E-state index is 12.2. The molecule has 0 spiro atoms. The Morgan fingerprint density at radius 3 is 2.90 bits per heavy atom. The van der Waals surface area contributed by atoms with Crippen LogP contribution in [0.3, 0.4) is 0 Å². The minimum atomic E-state index is -0.272. The first-order valence-electron chi connectivity index (χ1n) is 9.55. The third-order valence-corrected chi connectivity index (χ3v) is 7.35. The summed E-state index contributed by atoms with van der Waals surface area (Å²) in [5.41, 5.74) is 1.58. The second-order valence-corrected chi connectivity index (χ2v) is 9.85. The molecule has 7 nitrogen and oxygen atoms in total. The summed E-state index contributed by atoms with van der Waals surface area (Å²) in [6.45, 7) is 1.45. The first-order valence-corrected chi connectivity index (χ1v) is 12.2. The number of thiazole rings is 1. The van der Waals surface area contributed by atoms with Crippen molar-refractivity contribution in [2.45, 2.75) is 23.5 Å². The summed E-state index contributed by atoms with van der Waals surface area (Å²) < 4.78 is 13.1. The summed E-state index contributed by atoms with van der Waals surface area (Å²) in [7, 11) is 0. The Morgan fingerprint density at radius 1 is 1.23 bits per heavy atom. The summed E-state index contributed by atoms with van der Waals surface area (Å²) in [5, 5.41) is 7.26. The van der Waals surface area contributed by atoms with Gasteiger partial charge in [0.15, 0.2) is 10.6 Å². The van der Waals surface area contributed by atoms with Crippen LogP contribution in [0.5, 0.6) is 0 Å². The summed E-state index contributed by atoms with van der Waals surface area (Å²) in [6, 6.07) is 9.14. The molecular formula is C20H21N3O4S3. The molecule has 1 aromatic carbocycles. The Labute approximate surface area is 186 Å². The van der Waals surface area contributed by atoms with Crippen molar-refractivity contribution in [2.24, 2.45) is 0 Å². The molecule has 1 aliphatic rings. The Bertz CT molecular complexity index is 1000. The van der Waals surface area contributed by atoms with Crippen molar-refractivity contribution >= 4 is 62.2 Å². The van der Waals surface area contributed by atoms with E-state index in [-0.39, 0.29) is 24.6 Å². The van der Waals surface area contributed by atoms with Crippen LogP contribution < -0.4 is 10.6 Å². The predicted octanol–water partition coefficient (Wildman–Crippen LogP) is 3.97. The van der Waals surface area contributed by atoms with Crippen molar-refractivity contribution < 1.29 is 19.1 Å². The fourth-order valence-electron chi connectivity index (χ4n) is 2.85.